The molecule has 0 aromatic heterocycles. The third kappa shape index (κ3) is 3.14. The molecule has 1 aromatic rings. The molecule has 33 heavy (non-hydrogen) atoms. The Morgan fingerprint density at radius 3 is 2.64 bits per heavy atom. The maximum absolute atomic E-state index is 13.1. The maximum Gasteiger partial charge on any atom is 0.403 e. The summed E-state index contributed by atoms with van der Waals surface area (Å²) in [6.45, 7) is 0.475. The van der Waals surface area contributed by atoms with Gasteiger partial charge in [0.2, 0.25) is 6.54 Å². The summed E-state index contributed by atoms with van der Waals surface area (Å²) in [4.78, 5) is 54.9. The molecule has 4 unspecified atom stereocenters. The van der Waals surface area contributed by atoms with Gasteiger partial charge in [-0.3, -0.25) is 19.5 Å². The number of hydrogen-bond donors (Lipinski definition) is 1. The smallest absolute Gasteiger partial charge is 0.403 e. The molecule has 3 fully saturated rings. The molecule has 0 saturated carbocycles. The fourth-order valence-corrected chi connectivity index (χ4v) is 4.79. The van der Waals surface area contributed by atoms with Crippen molar-refractivity contribution in [1.29, 1.82) is 0 Å². The molecule has 4 heterocycles. The van der Waals surface area contributed by atoms with Gasteiger partial charge in [0.05, 0.1) is 17.7 Å². The number of urea groups is 1. The third-order valence-corrected chi connectivity index (χ3v) is 7.01. The molecule has 3 N–H and O–H groups in total. The molecule has 1 spiro atoms. The van der Waals surface area contributed by atoms with E-state index in [4.69, 9.17) is 4.74 Å². The van der Waals surface area contributed by atoms with Crippen LogP contribution in [0, 0.1) is 0 Å². The zero-order valence-electron chi connectivity index (χ0n) is 17.6. The first-order valence-corrected chi connectivity index (χ1v) is 10.7. The summed E-state index contributed by atoms with van der Waals surface area (Å²) >= 11 is 0.746. The molecular formula is C19H20N5O8S+. The standard InChI is InChI=1S/C19H19N5O8S/c1-21-11-7-9(33-32-31-29)3-5-12(11)30-14(21)6-4-10-16(25)22(2)19(28)23(17(10)26)15-18(27)24(15)8-13(24)20/h3-5,7,13-15H,6,8,20H2,1-2H3/p+1. The van der Waals surface area contributed by atoms with Gasteiger partial charge in [-0.25, -0.2) is 9.59 Å². The van der Waals surface area contributed by atoms with E-state index in [9.17, 15) is 24.4 Å². The van der Waals surface area contributed by atoms with Crippen LogP contribution in [0.5, 0.6) is 5.75 Å². The zero-order valence-corrected chi connectivity index (χ0v) is 18.4. The van der Waals surface area contributed by atoms with Crippen LogP contribution in [0.15, 0.2) is 34.7 Å². The van der Waals surface area contributed by atoms with Gasteiger partial charge >= 0.3 is 18.1 Å². The molecule has 4 aliphatic rings. The average molecular weight is 478 g/mol. The normalized spacial score (nSPS) is 31.6. The molecule has 3 saturated heterocycles. The van der Waals surface area contributed by atoms with Gasteiger partial charge in [-0.2, -0.15) is 13.7 Å². The van der Waals surface area contributed by atoms with E-state index in [1.807, 2.05) is 0 Å². The number of hydrogen-bond acceptors (Lipinski definition) is 10. The van der Waals surface area contributed by atoms with Crippen molar-refractivity contribution in [2.24, 2.45) is 0 Å². The SMILES string of the molecule is CN1C(=O)C(=CCC2Oc3ccc(SOO[O-])cc3N2C)C(=O)N(C2C(=O)[N+]23CC3[NH3+])C1=O. The van der Waals surface area contributed by atoms with Crippen molar-refractivity contribution in [3.05, 3.63) is 29.8 Å². The topological polar surface area (TPSA) is 156 Å². The number of likely N-dealkylation sites (N-methyl/N-ethyl adjacent to an activating group) is 1. The number of imide groups is 2. The number of carbonyl (C=O) groups excluding carboxylic acids is 4. The predicted octanol–water partition coefficient (Wildman–Crippen LogP) is -1.93. The molecular weight excluding hydrogens is 458 g/mol. The minimum Gasteiger partial charge on any atom is -0.691 e. The Kier molecular flexibility index (Phi) is 4.97. The van der Waals surface area contributed by atoms with Crippen molar-refractivity contribution < 1.29 is 48.8 Å². The number of benzene rings is 1. The van der Waals surface area contributed by atoms with Crippen LogP contribution in [0.1, 0.15) is 6.42 Å². The second kappa shape index (κ2) is 7.51. The molecule has 4 aliphatic heterocycles. The average Bonchev–Trinajstić information content (AvgIpc) is 3.59. The van der Waals surface area contributed by atoms with Crippen LogP contribution in [0.3, 0.4) is 0 Å². The number of rotatable bonds is 6. The Morgan fingerprint density at radius 1 is 1.27 bits per heavy atom. The molecule has 14 heteroatoms. The molecule has 174 valence electrons. The number of barbiturate groups is 1. The Balaban J connectivity index is 1.34. The van der Waals surface area contributed by atoms with Crippen LogP contribution < -0.4 is 20.6 Å². The molecule has 0 radical (unpaired) electrons. The summed E-state index contributed by atoms with van der Waals surface area (Å²) in [5.41, 5.74) is 4.38. The van der Waals surface area contributed by atoms with Crippen LogP contribution in [-0.4, -0.2) is 77.2 Å². The highest BCUT2D eigenvalue weighted by molar-refractivity contribution is 7.94. The van der Waals surface area contributed by atoms with Gasteiger partial charge in [-0.05, 0) is 18.2 Å². The minimum absolute atomic E-state index is 0.0159. The lowest BCUT2D eigenvalue weighted by Crippen LogP contribution is -2.59. The Hall–Kier alpha value is -3.01. The van der Waals surface area contributed by atoms with Gasteiger partial charge in [0, 0.05) is 25.4 Å². The van der Waals surface area contributed by atoms with Crippen LogP contribution >= 0.6 is 12.0 Å². The molecule has 4 atom stereocenters. The first-order valence-electron chi connectivity index (χ1n) is 9.99. The number of ether oxygens (including phenoxy) is 1. The zero-order chi connectivity index (χ0) is 23.7. The molecule has 5 amide bonds. The third-order valence-electron chi connectivity index (χ3n) is 6.44. The van der Waals surface area contributed by atoms with E-state index in [1.54, 1.807) is 30.1 Å². The molecule has 0 aliphatic carbocycles. The van der Waals surface area contributed by atoms with E-state index in [1.165, 1.54) is 13.1 Å². The predicted molar refractivity (Wildman–Crippen MR) is 106 cm³/mol. The summed E-state index contributed by atoms with van der Waals surface area (Å²) in [5.74, 6) is -1.19. The van der Waals surface area contributed by atoms with E-state index in [-0.39, 0.29) is 28.5 Å². The van der Waals surface area contributed by atoms with Crippen molar-refractivity contribution in [2.75, 3.05) is 25.5 Å². The van der Waals surface area contributed by atoms with E-state index in [2.05, 4.69) is 15.1 Å². The first kappa shape index (κ1) is 21.8. The fourth-order valence-electron chi connectivity index (χ4n) is 4.40. The van der Waals surface area contributed by atoms with Crippen LogP contribution in [-0.2, 0) is 23.8 Å². The summed E-state index contributed by atoms with van der Waals surface area (Å²) in [5, 5.41) is 13.4. The van der Waals surface area contributed by atoms with E-state index < -0.39 is 30.2 Å². The molecule has 13 nitrogen and oxygen atoms in total. The quantitative estimate of drug-likeness (QED) is 0.0929. The number of carbonyl (C=O) groups is 4. The summed E-state index contributed by atoms with van der Waals surface area (Å²) < 4.78 is 10.2. The van der Waals surface area contributed by atoms with Crippen molar-refractivity contribution in [2.45, 2.75) is 29.9 Å². The van der Waals surface area contributed by atoms with E-state index >= 15 is 0 Å². The van der Waals surface area contributed by atoms with Gasteiger partial charge < -0.3 is 20.6 Å². The highest BCUT2D eigenvalue weighted by Gasteiger charge is 2.88. The van der Waals surface area contributed by atoms with Gasteiger partial charge in [0.25, 0.3) is 18.0 Å². The Bertz CT molecular complexity index is 1130. The van der Waals surface area contributed by atoms with E-state index in [0.29, 0.717) is 22.9 Å². The van der Waals surface area contributed by atoms with Crippen molar-refractivity contribution >= 4 is 41.5 Å². The Labute approximate surface area is 191 Å². The van der Waals surface area contributed by atoms with Crippen LogP contribution in [0.25, 0.3) is 0 Å². The lowest BCUT2D eigenvalue weighted by atomic mass is 10.1. The second-order valence-corrected chi connectivity index (χ2v) is 8.96. The summed E-state index contributed by atoms with van der Waals surface area (Å²) in [6, 6.07) is 4.29. The summed E-state index contributed by atoms with van der Waals surface area (Å²) in [6.07, 6.45) is -0.0476. The number of nitrogens with zero attached hydrogens (tertiary/aromatic N) is 4. The minimum atomic E-state index is -0.919. The number of quaternary nitrogens is 2. The van der Waals surface area contributed by atoms with Crippen molar-refractivity contribution in [1.82, 2.24) is 9.80 Å². The van der Waals surface area contributed by atoms with Crippen molar-refractivity contribution in [3.63, 3.8) is 0 Å². The van der Waals surface area contributed by atoms with E-state index in [0.717, 1.165) is 21.8 Å². The number of amides is 5. The lowest BCUT2D eigenvalue weighted by molar-refractivity contribution is -0.777. The largest absolute Gasteiger partial charge is 0.691 e. The lowest BCUT2D eigenvalue weighted by Gasteiger charge is -2.29. The molecule has 0 bridgehead atoms. The number of anilines is 1. The first-order chi connectivity index (χ1) is 15.7. The monoisotopic (exact) mass is 478 g/mol. The molecule has 5 rings (SSSR count). The fraction of sp³-hybridized carbons (Fsp3) is 0.368. The second-order valence-electron chi connectivity index (χ2n) is 8.19. The van der Waals surface area contributed by atoms with Crippen LogP contribution in [0.2, 0.25) is 0 Å². The van der Waals surface area contributed by atoms with Gasteiger partial charge in [-0.1, -0.05) is 6.08 Å². The van der Waals surface area contributed by atoms with Crippen LogP contribution in [0.4, 0.5) is 10.5 Å². The number of fused-ring (bicyclic) bond motifs is 1. The maximum atomic E-state index is 13.1. The molecule has 1 aromatic carbocycles. The highest BCUT2D eigenvalue weighted by Crippen LogP contribution is 2.48. The van der Waals surface area contributed by atoms with Crippen molar-refractivity contribution in [3.8, 4) is 5.75 Å². The van der Waals surface area contributed by atoms with Gasteiger partial charge in [0.15, 0.2) is 6.23 Å². The summed E-state index contributed by atoms with van der Waals surface area (Å²) in [7, 11) is 3.05. The Morgan fingerprint density at radius 2 is 2.00 bits per heavy atom. The highest BCUT2D eigenvalue weighted by atomic mass is 32.2. The van der Waals surface area contributed by atoms with Gasteiger partial charge in [-0.15, -0.1) is 0 Å². The van der Waals surface area contributed by atoms with Gasteiger partial charge in [0.1, 0.15) is 11.3 Å².